The van der Waals surface area contributed by atoms with Crippen molar-refractivity contribution >= 4 is 69.7 Å². The quantitative estimate of drug-likeness (QED) is 0.491. The van der Waals surface area contributed by atoms with Crippen molar-refractivity contribution in [2.45, 2.75) is 20.0 Å². The number of halogens is 3. The van der Waals surface area contributed by atoms with Gasteiger partial charge in [0.2, 0.25) is 0 Å². The molecule has 9 heteroatoms. The van der Waals surface area contributed by atoms with E-state index in [4.69, 9.17) is 51.8 Å². The van der Waals surface area contributed by atoms with Crippen LogP contribution in [0.1, 0.15) is 34.6 Å². The maximum absolute atomic E-state index is 12.2. The summed E-state index contributed by atoms with van der Waals surface area (Å²) in [6.45, 7) is 3.48. The molecule has 2 rings (SSSR count). The van der Waals surface area contributed by atoms with Gasteiger partial charge < -0.3 is 10.1 Å². The molecular weight excluding hydrogens is 431 g/mol. The zero-order valence-corrected chi connectivity index (χ0v) is 17.4. The average Bonchev–Trinajstić information content (AvgIpc) is 2.58. The Bertz CT molecular complexity index is 903. The summed E-state index contributed by atoms with van der Waals surface area (Å²) in [6.07, 6.45) is -0.281. The molecule has 27 heavy (non-hydrogen) atoms. The Hall–Kier alpha value is -1.86. The van der Waals surface area contributed by atoms with E-state index in [0.29, 0.717) is 16.3 Å². The molecule has 0 bridgehead atoms. The zero-order chi connectivity index (χ0) is 20.1. The number of nitrogens with one attached hydrogen (secondary N) is 2. The minimum Gasteiger partial charge on any atom is -0.459 e. The van der Waals surface area contributed by atoms with Crippen LogP contribution in [0, 0.1) is 0 Å². The monoisotopic (exact) mass is 444 g/mol. The summed E-state index contributed by atoms with van der Waals surface area (Å²) in [5, 5.41) is 6.22. The van der Waals surface area contributed by atoms with Crippen LogP contribution in [0.15, 0.2) is 36.4 Å². The van der Waals surface area contributed by atoms with Gasteiger partial charge in [-0.25, -0.2) is 4.79 Å². The van der Waals surface area contributed by atoms with Crippen molar-refractivity contribution in [3.05, 3.63) is 62.6 Å². The molecule has 0 fully saturated rings. The molecular formula is C18H15Cl3N2O3S. The lowest BCUT2D eigenvalue weighted by atomic mass is 10.2. The van der Waals surface area contributed by atoms with E-state index >= 15 is 0 Å². The first-order valence-electron chi connectivity index (χ1n) is 7.75. The SMILES string of the molecule is CC(C)OC(=O)c1cc(NC(=S)NC(=O)c2ccc(Cl)c(Cl)c2)ccc1Cl. The highest BCUT2D eigenvalue weighted by Crippen LogP contribution is 2.23. The normalized spacial score (nSPS) is 10.4. The van der Waals surface area contributed by atoms with Gasteiger partial charge in [-0.15, -0.1) is 0 Å². The number of thiocarbonyl (C=S) groups is 1. The minimum absolute atomic E-state index is 0.0385. The predicted molar refractivity (Wildman–Crippen MR) is 112 cm³/mol. The van der Waals surface area contributed by atoms with E-state index in [-0.39, 0.29) is 26.8 Å². The fourth-order valence-electron chi connectivity index (χ4n) is 2.01. The maximum Gasteiger partial charge on any atom is 0.339 e. The van der Waals surface area contributed by atoms with Gasteiger partial charge in [-0.2, -0.15) is 0 Å². The third-order valence-electron chi connectivity index (χ3n) is 3.20. The Kier molecular flexibility index (Phi) is 7.44. The largest absolute Gasteiger partial charge is 0.459 e. The molecule has 5 nitrogen and oxygen atoms in total. The highest BCUT2D eigenvalue weighted by atomic mass is 35.5. The van der Waals surface area contributed by atoms with Crippen molar-refractivity contribution in [3.63, 3.8) is 0 Å². The lowest BCUT2D eigenvalue weighted by molar-refractivity contribution is 0.0378. The average molecular weight is 446 g/mol. The molecule has 0 unspecified atom stereocenters. The van der Waals surface area contributed by atoms with E-state index in [1.807, 2.05) is 0 Å². The molecule has 0 aliphatic carbocycles. The summed E-state index contributed by atoms with van der Waals surface area (Å²) >= 11 is 22.9. The second-order valence-electron chi connectivity index (χ2n) is 5.69. The lowest BCUT2D eigenvalue weighted by Gasteiger charge is -2.13. The number of carbonyl (C=O) groups is 2. The van der Waals surface area contributed by atoms with Gasteiger partial charge in [-0.1, -0.05) is 34.8 Å². The second kappa shape index (κ2) is 9.37. The van der Waals surface area contributed by atoms with Crippen molar-refractivity contribution in [1.29, 1.82) is 0 Å². The second-order valence-corrected chi connectivity index (χ2v) is 7.32. The molecule has 0 radical (unpaired) electrons. The molecule has 0 aromatic heterocycles. The Labute approximate surface area is 176 Å². The van der Waals surface area contributed by atoms with Gasteiger partial charge in [-0.05, 0) is 62.5 Å². The zero-order valence-electron chi connectivity index (χ0n) is 14.3. The topological polar surface area (TPSA) is 67.4 Å². The van der Waals surface area contributed by atoms with Gasteiger partial charge in [0.25, 0.3) is 5.91 Å². The van der Waals surface area contributed by atoms with Gasteiger partial charge in [0.05, 0.1) is 26.7 Å². The first-order chi connectivity index (χ1) is 12.7. The van der Waals surface area contributed by atoms with E-state index in [1.54, 1.807) is 19.9 Å². The van der Waals surface area contributed by atoms with Crippen molar-refractivity contribution < 1.29 is 14.3 Å². The molecule has 1 amide bonds. The first-order valence-corrected chi connectivity index (χ1v) is 9.29. The van der Waals surface area contributed by atoms with Crippen LogP contribution >= 0.6 is 47.0 Å². The highest BCUT2D eigenvalue weighted by molar-refractivity contribution is 7.80. The van der Waals surface area contributed by atoms with Crippen LogP contribution in [-0.4, -0.2) is 23.1 Å². The van der Waals surface area contributed by atoms with Crippen LogP contribution in [0.2, 0.25) is 15.1 Å². The van der Waals surface area contributed by atoms with Crippen molar-refractivity contribution in [2.75, 3.05) is 5.32 Å². The number of ether oxygens (including phenoxy) is 1. The highest BCUT2D eigenvalue weighted by Gasteiger charge is 2.15. The smallest absolute Gasteiger partial charge is 0.339 e. The van der Waals surface area contributed by atoms with Gasteiger partial charge in [0.15, 0.2) is 5.11 Å². The fourth-order valence-corrected chi connectivity index (χ4v) is 2.72. The number of anilines is 1. The summed E-state index contributed by atoms with van der Waals surface area (Å²) in [5.41, 5.74) is 0.953. The summed E-state index contributed by atoms with van der Waals surface area (Å²) in [6, 6.07) is 9.11. The van der Waals surface area contributed by atoms with Gasteiger partial charge >= 0.3 is 5.97 Å². The van der Waals surface area contributed by atoms with Gasteiger partial charge in [0.1, 0.15) is 0 Å². The number of hydrogen-bond donors (Lipinski definition) is 2. The Balaban J connectivity index is 2.08. The minimum atomic E-state index is -0.551. The van der Waals surface area contributed by atoms with Crippen LogP contribution in [0.4, 0.5) is 5.69 Å². The molecule has 0 aliphatic heterocycles. The van der Waals surface area contributed by atoms with Crippen LogP contribution in [0.25, 0.3) is 0 Å². The summed E-state index contributed by atoms with van der Waals surface area (Å²) in [5.74, 6) is -1.01. The third kappa shape index (κ3) is 6.07. The number of rotatable bonds is 4. The molecule has 2 aromatic carbocycles. The molecule has 0 aliphatic rings. The molecule has 142 valence electrons. The molecule has 0 saturated heterocycles. The Morgan fingerprint density at radius 1 is 1.00 bits per heavy atom. The van der Waals surface area contributed by atoms with Crippen LogP contribution < -0.4 is 10.6 Å². The van der Waals surface area contributed by atoms with E-state index in [2.05, 4.69) is 10.6 Å². The molecule has 0 heterocycles. The van der Waals surface area contributed by atoms with E-state index in [9.17, 15) is 9.59 Å². The van der Waals surface area contributed by atoms with E-state index in [1.165, 1.54) is 30.3 Å². The summed E-state index contributed by atoms with van der Waals surface area (Å²) < 4.78 is 5.14. The van der Waals surface area contributed by atoms with Gasteiger partial charge in [-0.3, -0.25) is 10.1 Å². The Morgan fingerprint density at radius 2 is 1.67 bits per heavy atom. The lowest BCUT2D eigenvalue weighted by Crippen LogP contribution is -2.34. The predicted octanol–water partition coefficient (Wildman–Crippen LogP) is 5.34. The molecule has 0 spiro atoms. The number of esters is 1. The van der Waals surface area contributed by atoms with E-state index in [0.717, 1.165) is 0 Å². The summed E-state index contributed by atoms with van der Waals surface area (Å²) in [4.78, 5) is 24.3. The Morgan fingerprint density at radius 3 is 2.30 bits per heavy atom. The fraction of sp³-hybridized carbons (Fsp3) is 0.167. The summed E-state index contributed by atoms with van der Waals surface area (Å²) in [7, 11) is 0. The van der Waals surface area contributed by atoms with E-state index < -0.39 is 11.9 Å². The van der Waals surface area contributed by atoms with Crippen LogP contribution in [0.3, 0.4) is 0 Å². The van der Waals surface area contributed by atoms with Gasteiger partial charge in [0, 0.05) is 11.3 Å². The number of amides is 1. The van der Waals surface area contributed by atoms with Crippen molar-refractivity contribution in [2.24, 2.45) is 0 Å². The number of carbonyl (C=O) groups excluding carboxylic acids is 2. The third-order valence-corrected chi connectivity index (χ3v) is 4.47. The standard InChI is InChI=1S/C18H15Cl3N2O3S/c1-9(2)26-17(25)12-8-11(4-6-13(12)19)22-18(27)23-16(24)10-3-5-14(20)15(21)7-10/h3-9H,1-2H3,(H2,22,23,24,27). The number of benzene rings is 2. The van der Waals surface area contributed by atoms with Crippen molar-refractivity contribution in [1.82, 2.24) is 5.32 Å². The van der Waals surface area contributed by atoms with Crippen molar-refractivity contribution in [3.8, 4) is 0 Å². The number of hydrogen-bond acceptors (Lipinski definition) is 4. The molecule has 0 saturated carbocycles. The van der Waals surface area contributed by atoms with Crippen LogP contribution in [0.5, 0.6) is 0 Å². The molecule has 0 atom stereocenters. The first kappa shape index (κ1) is 21.4. The molecule has 2 aromatic rings. The van der Waals surface area contributed by atoms with Crippen LogP contribution in [-0.2, 0) is 4.74 Å². The maximum atomic E-state index is 12.2. The molecule has 2 N–H and O–H groups in total.